The van der Waals surface area contributed by atoms with Crippen molar-refractivity contribution < 1.29 is 9.53 Å². The third-order valence-corrected chi connectivity index (χ3v) is 3.36. The van der Waals surface area contributed by atoms with Gasteiger partial charge < -0.3 is 15.4 Å². The Morgan fingerprint density at radius 2 is 2.00 bits per heavy atom. The minimum atomic E-state index is -0.318. The van der Waals surface area contributed by atoms with E-state index in [9.17, 15) is 4.79 Å². The third-order valence-electron chi connectivity index (χ3n) is 2.81. The van der Waals surface area contributed by atoms with Crippen LogP contribution in [0.15, 0.2) is 42.5 Å². The maximum Gasteiger partial charge on any atom is 0.319 e. The smallest absolute Gasteiger partial charge is 0.319 e. The molecule has 0 radical (unpaired) electrons. The first-order valence-corrected chi connectivity index (χ1v) is 7.49. The van der Waals surface area contributed by atoms with Crippen molar-refractivity contribution in [2.24, 2.45) is 0 Å². The van der Waals surface area contributed by atoms with Gasteiger partial charge in [0.1, 0.15) is 12.4 Å². The molecular formula is C16H16Cl2N2O2. The van der Waals surface area contributed by atoms with E-state index in [4.69, 9.17) is 27.9 Å². The molecule has 0 aliphatic rings. The van der Waals surface area contributed by atoms with Gasteiger partial charge in [-0.25, -0.2) is 4.79 Å². The summed E-state index contributed by atoms with van der Waals surface area (Å²) < 4.78 is 5.54. The maximum absolute atomic E-state index is 11.7. The minimum absolute atomic E-state index is 0.318. The molecule has 2 N–H and O–H groups in total. The molecule has 2 amide bonds. The molecule has 0 heterocycles. The number of carbonyl (C=O) groups is 1. The second-order valence-electron chi connectivity index (χ2n) is 4.67. The van der Waals surface area contributed by atoms with E-state index in [-0.39, 0.29) is 6.03 Å². The fourth-order valence-electron chi connectivity index (χ4n) is 1.79. The molecule has 22 heavy (non-hydrogen) atoms. The summed E-state index contributed by atoms with van der Waals surface area (Å²) in [6.45, 7) is 2.64. The van der Waals surface area contributed by atoms with E-state index >= 15 is 0 Å². The molecule has 2 aromatic carbocycles. The Kier molecular flexibility index (Phi) is 5.92. The van der Waals surface area contributed by atoms with Gasteiger partial charge in [0.05, 0.1) is 11.6 Å². The van der Waals surface area contributed by atoms with Gasteiger partial charge in [0.2, 0.25) is 0 Å². The van der Waals surface area contributed by atoms with Gasteiger partial charge in [-0.15, -0.1) is 0 Å². The van der Waals surface area contributed by atoms with Gasteiger partial charge in [-0.05, 0) is 42.8 Å². The highest BCUT2D eigenvalue weighted by molar-refractivity contribution is 6.32. The molecule has 0 saturated heterocycles. The van der Waals surface area contributed by atoms with Gasteiger partial charge in [-0.3, -0.25) is 0 Å². The Balaban J connectivity index is 1.74. The SMILES string of the molecule is Cc1ccc(Cl)c(OCCNC(=O)Nc2cccc(Cl)c2)c1. The zero-order chi connectivity index (χ0) is 15.9. The topological polar surface area (TPSA) is 50.4 Å². The van der Waals surface area contributed by atoms with E-state index < -0.39 is 0 Å². The van der Waals surface area contributed by atoms with Crippen molar-refractivity contribution in [1.29, 1.82) is 0 Å². The zero-order valence-electron chi connectivity index (χ0n) is 12.0. The quantitative estimate of drug-likeness (QED) is 0.788. The second-order valence-corrected chi connectivity index (χ2v) is 5.52. The number of carbonyl (C=O) groups excluding carboxylic acids is 1. The van der Waals surface area contributed by atoms with Crippen LogP contribution in [-0.4, -0.2) is 19.2 Å². The van der Waals surface area contributed by atoms with Gasteiger partial charge in [-0.1, -0.05) is 35.3 Å². The lowest BCUT2D eigenvalue weighted by molar-refractivity contribution is 0.247. The lowest BCUT2D eigenvalue weighted by Crippen LogP contribution is -2.32. The lowest BCUT2D eigenvalue weighted by Gasteiger charge is -2.10. The molecule has 0 bridgehead atoms. The standard InChI is InChI=1S/C16H16Cl2N2O2/c1-11-5-6-14(18)15(9-11)22-8-7-19-16(21)20-13-4-2-3-12(17)10-13/h2-6,9-10H,7-8H2,1H3,(H2,19,20,21). The maximum atomic E-state index is 11.7. The third kappa shape index (κ3) is 5.13. The molecule has 0 atom stereocenters. The number of benzene rings is 2. The summed E-state index contributed by atoms with van der Waals surface area (Å²) in [7, 11) is 0. The van der Waals surface area contributed by atoms with Crippen LogP contribution < -0.4 is 15.4 Å². The van der Waals surface area contributed by atoms with E-state index in [0.717, 1.165) is 5.56 Å². The van der Waals surface area contributed by atoms with Gasteiger partial charge in [0.25, 0.3) is 0 Å². The zero-order valence-corrected chi connectivity index (χ0v) is 13.5. The number of urea groups is 1. The Morgan fingerprint density at radius 3 is 2.77 bits per heavy atom. The highest BCUT2D eigenvalue weighted by Crippen LogP contribution is 2.24. The van der Waals surface area contributed by atoms with E-state index in [1.54, 1.807) is 30.3 Å². The van der Waals surface area contributed by atoms with Crippen molar-refractivity contribution in [3.8, 4) is 5.75 Å². The van der Waals surface area contributed by atoms with Crippen LogP contribution >= 0.6 is 23.2 Å². The molecule has 116 valence electrons. The number of amides is 2. The molecule has 0 aliphatic heterocycles. The van der Waals surface area contributed by atoms with E-state index in [1.165, 1.54) is 0 Å². The first-order chi connectivity index (χ1) is 10.5. The van der Waals surface area contributed by atoms with Gasteiger partial charge in [-0.2, -0.15) is 0 Å². The van der Waals surface area contributed by atoms with Crippen LogP contribution in [-0.2, 0) is 0 Å². The normalized spacial score (nSPS) is 10.1. The van der Waals surface area contributed by atoms with Crippen molar-refractivity contribution in [3.63, 3.8) is 0 Å². The highest BCUT2D eigenvalue weighted by Gasteiger charge is 2.04. The van der Waals surface area contributed by atoms with Crippen molar-refractivity contribution in [3.05, 3.63) is 58.1 Å². The van der Waals surface area contributed by atoms with Crippen LogP contribution in [0.3, 0.4) is 0 Å². The summed E-state index contributed by atoms with van der Waals surface area (Å²) in [6, 6.07) is 12.2. The lowest BCUT2D eigenvalue weighted by atomic mass is 10.2. The molecule has 2 aromatic rings. The first kappa shape index (κ1) is 16.5. The number of anilines is 1. The first-order valence-electron chi connectivity index (χ1n) is 6.74. The highest BCUT2D eigenvalue weighted by atomic mass is 35.5. The number of halogens is 2. The van der Waals surface area contributed by atoms with Crippen LogP contribution in [0.4, 0.5) is 10.5 Å². The molecule has 0 unspecified atom stereocenters. The van der Waals surface area contributed by atoms with E-state index in [1.807, 2.05) is 19.1 Å². The summed E-state index contributed by atoms with van der Waals surface area (Å²) in [5.41, 5.74) is 1.69. The summed E-state index contributed by atoms with van der Waals surface area (Å²) >= 11 is 11.9. The Bertz CT molecular complexity index is 662. The van der Waals surface area contributed by atoms with Crippen molar-refractivity contribution in [2.45, 2.75) is 6.92 Å². The number of hydrogen-bond acceptors (Lipinski definition) is 2. The minimum Gasteiger partial charge on any atom is -0.490 e. The number of hydrogen-bond donors (Lipinski definition) is 2. The molecule has 0 spiro atoms. The molecule has 6 heteroatoms. The van der Waals surface area contributed by atoms with Crippen molar-refractivity contribution >= 4 is 34.9 Å². The second kappa shape index (κ2) is 7.92. The van der Waals surface area contributed by atoms with Crippen LogP contribution in [0.2, 0.25) is 10.0 Å². The predicted octanol–water partition coefficient (Wildman–Crippen LogP) is 4.50. The Hall–Kier alpha value is -1.91. The Labute approximate surface area is 139 Å². The van der Waals surface area contributed by atoms with Crippen LogP contribution in [0.1, 0.15) is 5.56 Å². The molecule has 4 nitrogen and oxygen atoms in total. The number of ether oxygens (including phenoxy) is 1. The van der Waals surface area contributed by atoms with Gasteiger partial charge >= 0.3 is 6.03 Å². The fourth-order valence-corrected chi connectivity index (χ4v) is 2.15. The molecular weight excluding hydrogens is 323 g/mol. The van der Waals surface area contributed by atoms with Gasteiger partial charge in [0.15, 0.2) is 0 Å². The number of nitrogens with one attached hydrogen (secondary N) is 2. The van der Waals surface area contributed by atoms with Gasteiger partial charge in [0, 0.05) is 10.7 Å². The average molecular weight is 339 g/mol. The fraction of sp³-hybridized carbons (Fsp3) is 0.188. The van der Waals surface area contributed by atoms with Crippen LogP contribution in [0.5, 0.6) is 5.75 Å². The summed E-state index contributed by atoms with van der Waals surface area (Å²) in [6.07, 6.45) is 0. The Morgan fingerprint density at radius 1 is 1.18 bits per heavy atom. The molecule has 0 aromatic heterocycles. The largest absolute Gasteiger partial charge is 0.490 e. The predicted molar refractivity (Wildman–Crippen MR) is 90.2 cm³/mol. The number of rotatable bonds is 5. The average Bonchev–Trinajstić information content (AvgIpc) is 2.47. The molecule has 0 fully saturated rings. The van der Waals surface area contributed by atoms with Crippen LogP contribution in [0.25, 0.3) is 0 Å². The monoisotopic (exact) mass is 338 g/mol. The van der Waals surface area contributed by atoms with E-state index in [0.29, 0.717) is 34.6 Å². The molecule has 0 saturated carbocycles. The number of aryl methyl sites for hydroxylation is 1. The molecule has 2 rings (SSSR count). The van der Waals surface area contributed by atoms with E-state index in [2.05, 4.69) is 10.6 Å². The molecule has 0 aliphatic carbocycles. The summed E-state index contributed by atoms with van der Waals surface area (Å²) in [4.78, 5) is 11.7. The van der Waals surface area contributed by atoms with Crippen molar-refractivity contribution in [2.75, 3.05) is 18.5 Å². The van der Waals surface area contributed by atoms with Crippen molar-refractivity contribution in [1.82, 2.24) is 5.32 Å². The summed E-state index contributed by atoms with van der Waals surface area (Å²) in [5.74, 6) is 0.610. The summed E-state index contributed by atoms with van der Waals surface area (Å²) in [5, 5.41) is 6.49. The van der Waals surface area contributed by atoms with Crippen LogP contribution in [0, 0.1) is 6.92 Å².